The van der Waals surface area contributed by atoms with Gasteiger partial charge >= 0.3 is 0 Å². The summed E-state index contributed by atoms with van der Waals surface area (Å²) in [5.41, 5.74) is 3.85. The second kappa shape index (κ2) is 3.89. The summed E-state index contributed by atoms with van der Waals surface area (Å²) in [5.74, 6) is 0. The molecule has 1 fully saturated rings. The molecule has 0 saturated heterocycles. The summed E-state index contributed by atoms with van der Waals surface area (Å²) >= 11 is 0. The summed E-state index contributed by atoms with van der Waals surface area (Å²) < 4.78 is 0. The molecule has 0 aliphatic heterocycles. The molecule has 0 atom stereocenters. The van der Waals surface area contributed by atoms with Gasteiger partial charge in [-0.1, -0.05) is 24.3 Å². The van der Waals surface area contributed by atoms with Gasteiger partial charge in [-0.05, 0) is 62.1 Å². The minimum atomic E-state index is 0.622. The molecule has 1 spiro atoms. The highest BCUT2D eigenvalue weighted by atomic mass is 14.9. The van der Waals surface area contributed by atoms with Crippen LogP contribution in [0.2, 0.25) is 0 Å². The molecule has 0 heterocycles. The van der Waals surface area contributed by atoms with Gasteiger partial charge in [0.15, 0.2) is 0 Å². The average Bonchev–Trinajstić information content (AvgIpc) is 2.68. The zero-order valence-electron chi connectivity index (χ0n) is 10.1. The van der Waals surface area contributed by atoms with Crippen LogP contribution in [0.5, 0.6) is 0 Å². The average molecular weight is 215 g/mol. The first-order valence-corrected chi connectivity index (χ1v) is 6.55. The van der Waals surface area contributed by atoms with E-state index in [1.807, 2.05) is 0 Å². The topological polar surface area (TPSA) is 12.0 Å². The number of hydrogen-bond acceptors (Lipinski definition) is 1. The lowest BCUT2D eigenvalue weighted by atomic mass is 9.70. The van der Waals surface area contributed by atoms with Gasteiger partial charge in [0.1, 0.15) is 0 Å². The maximum atomic E-state index is 3.43. The van der Waals surface area contributed by atoms with E-state index in [0.29, 0.717) is 5.41 Å². The van der Waals surface area contributed by atoms with Crippen molar-refractivity contribution >= 4 is 0 Å². The Kier molecular flexibility index (Phi) is 2.51. The van der Waals surface area contributed by atoms with Gasteiger partial charge in [-0.2, -0.15) is 0 Å². The largest absolute Gasteiger partial charge is 0.317 e. The molecular weight excluding hydrogens is 194 g/mol. The molecule has 1 nitrogen and oxygen atoms in total. The summed E-state index contributed by atoms with van der Waals surface area (Å²) in [7, 11) is 2.10. The second-order valence-electron chi connectivity index (χ2n) is 5.69. The quantitative estimate of drug-likeness (QED) is 0.759. The van der Waals surface area contributed by atoms with Crippen LogP contribution >= 0.6 is 0 Å². The molecule has 0 amide bonds. The first-order valence-electron chi connectivity index (χ1n) is 6.55. The summed E-state index contributed by atoms with van der Waals surface area (Å²) in [4.78, 5) is 0. The lowest BCUT2D eigenvalue weighted by Crippen LogP contribution is -2.36. The number of benzene rings is 1. The monoisotopic (exact) mass is 215 g/mol. The first-order chi connectivity index (χ1) is 7.81. The maximum absolute atomic E-state index is 3.43. The fourth-order valence-electron chi connectivity index (χ4n) is 3.65. The van der Waals surface area contributed by atoms with Crippen molar-refractivity contribution in [3.8, 4) is 0 Å². The number of rotatable bonds is 1. The summed E-state index contributed by atoms with van der Waals surface area (Å²) in [6.07, 6.45) is 8.22. The van der Waals surface area contributed by atoms with Crippen LogP contribution in [0.4, 0.5) is 0 Å². The molecule has 1 aromatic rings. The summed E-state index contributed by atoms with van der Waals surface area (Å²) in [6, 6.07) is 9.81. The minimum absolute atomic E-state index is 0.622. The molecule has 1 aromatic carbocycles. The molecule has 1 heteroatoms. The van der Waals surface area contributed by atoms with E-state index >= 15 is 0 Å². The number of fused-ring (bicyclic) bond motifs is 1. The third-order valence-electron chi connectivity index (χ3n) is 4.70. The van der Waals surface area contributed by atoms with Crippen molar-refractivity contribution in [2.75, 3.05) is 7.05 Å². The highest BCUT2D eigenvalue weighted by Gasteiger charge is 2.39. The highest BCUT2D eigenvalue weighted by Crippen LogP contribution is 2.47. The molecule has 16 heavy (non-hydrogen) atoms. The predicted octanol–water partition coefficient (Wildman–Crippen LogP) is 2.93. The van der Waals surface area contributed by atoms with Crippen molar-refractivity contribution in [1.82, 2.24) is 5.32 Å². The molecule has 0 bridgehead atoms. The van der Waals surface area contributed by atoms with Crippen LogP contribution in [0.25, 0.3) is 0 Å². The Bertz CT molecular complexity index is 348. The maximum Gasteiger partial charge on any atom is 0.00644 e. The molecule has 3 rings (SSSR count). The fraction of sp³-hybridized carbons (Fsp3) is 0.600. The molecule has 1 saturated carbocycles. The van der Waals surface area contributed by atoms with Gasteiger partial charge in [0, 0.05) is 6.04 Å². The van der Waals surface area contributed by atoms with E-state index in [-0.39, 0.29) is 0 Å². The Morgan fingerprint density at radius 2 is 1.62 bits per heavy atom. The summed E-state index contributed by atoms with van der Waals surface area (Å²) in [5, 5.41) is 3.43. The van der Waals surface area contributed by atoms with Crippen molar-refractivity contribution in [2.45, 2.75) is 44.6 Å². The van der Waals surface area contributed by atoms with E-state index in [9.17, 15) is 0 Å². The zero-order chi connectivity index (χ0) is 11.0. The lowest BCUT2D eigenvalue weighted by Gasteiger charge is -2.37. The van der Waals surface area contributed by atoms with Crippen LogP contribution in [-0.4, -0.2) is 13.1 Å². The van der Waals surface area contributed by atoms with Gasteiger partial charge in [-0.25, -0.2) is 0 Å². The van der Waals surface area contributed by atoms with Crippen LogP contribution in [0.15, 0.2) is 24.3 Å². The van der Waals surface area contributed by atoms with Gasteiger partial charge in [0.05, 0.1) is 0 Å². The van der Waals surface area contributed by atoms with Crippen LogP contribution in [0.1, 0.15) is 36.8 Å². The molecule has 2 aliphatic rings. The normalized spacial score (nSPS) is 23.6. The van der Waals surface area contributed by atoms with Crippen LogP contribution < -0.4 is 5.32 Å². The molecule has 0 aromatic heterocycles. The smallest absolute Gasteiger partial charge is 0.00644 e. The Labute approximate surface area is 98.3 Å². The summed E-state index contributed by atoms with van der Waals surface area (Å²) in [6.45, 7) is 0. The molecule has 1 N–H and O–H groups in total. The number of nitrogens with one attached hydrogen (secondary N) is 1. The van der Waals surface area contributed by atoms with E-state index in [1.165, 1.54) is 38.5 Å². The highest BCUT2D eigenvalue weighted by molar-refractivity contribution is 5.34. The third-order valence-corrected chi connectivity index (χ3v) is 4.70. The van der Waals surface area contributed by atoms with Gasteiger partial charge in [0.2, 0.25) is 0 Å². The van der Waals surface area contributed by atoms with Crippen molar-refractivity contribution < 1.29 is 0 Å². The standard InChI is InChI=1S/C15H21N/c1-16-14-6-8-15(9-7-14)10-12-4-2-3-5-13(12)11-15/h2-5,14,16H,6-11H2,1H3. The molecular formula is C15H21N. The van der Waals surface area contributed by atoms with Gasteiger partial charge in [-0.15, -0.1) is 0 Å². The van der Waals surface area contributed by atoms with Crippen molar-refractivity contribution in [2.24, 2.45) is 5.41 Å². The SMILES string of the molecule is CNC1CCC2(CC1)Cc1ccccc1C2. The number of hydrogen-bond donors (Lipinski definition) is 1. The van der Waals surface area contributed by atoms with Crippen LogP contribution in [0, 0.1) is 5.41 Å². The van der Waals surface area contributed by atoms with E-state index in [4.69, 9.17) is 0 Å². The fourth-order valence-corrected chi connectivity index (χ4v) is 3.65. The Balaban J connectivity index is 1.75. The molecule has 86 valence electrons. The van der Waals surface area contributed by atoms with Gasteiger partial charge < -0.3 is 5.32 Å². The first kappa shape index (κ1) is 10.3. The van der Waals surface area contributed by atoms with Gasteiger partial charge in [-0.3, -0.25) is 0 Å². The lowest BCUT2D eigenvalue weighted by molar-refractivity contribution is 0.177. The van der Waals surface area contributed by atoms with E-state index < -0.39 is 0 Å². The van der Waals surface area contributed by atoms with E-state index in [2.05, 4.69) is 36.6 Å². The van der Waals surface area contributed by atoms with Crippen LogP contribution in [0.3, 0.4) is 0 Å². The van der Waals surface area contributed by atoms with Crippen molar-refractivity contribution in [1.29, 1.82) is 0 Å². The van der Waals surface area contributed by atoms with Crippen LogP contribution in [-0.2, 0) is 12.8 Å². The molecule has 0 unspecified atom stereocenters. The Morgan fingerprint density at radius 1 is 1.06 bits per heavy atom. The Hall–Kier alpha value is -0.820. The predicted molar refractivity (Wildman–Crippen MR) is 67.6 cm³/mol. The molecule has 2 aliphatic carbocycles. The third kappa shape index (κ3) is 1.67. The van der Waals surface area contributed by atoms with Gasteiger partial charge in [0.25, 0.3) is 0 Å². The van der Waals surface area contributed by atoms with E-state index in [1.54, 1.807) is 11.1 Å². The minimum Gasteiger partial charge on any atom is -0.317 e. The second-order valence-corrected chi connectivity index (χ2v) is 5.69. The Morgan fingerprint density at radius 3 is 2.12 bits per heavy atom. The zero-order valence-corrected chi connectivity index (χ0v) is 10.1. The molecule has 0 radical (unpaired) electrons. The van der Waals surface area contributed by atoms with Crippen molar-refractivity contribution in [3.63, 3.8) is 0 Å². The van der Waals surface area contributed by atoms with E-state index in [0.717, 1.165) is 6.04 Å². The van der Waals surface area contributed by atoms with Crippen molar-refractivity contribution in [3.05, 3.63) is 35.4 Å².